The fourth-order valence-corrected chi connectivity index (χ4v) is 6.93. The topological polar surface area (TPSA) is 0 Å². The molecule has 38 heavy (non-hydrogen) atoms. The molecular formula is C36H34HfSi. The molecule has 5 aromatic rings. The van der Waals surface area contributed by atoms with Crippen LogP contribution in [0.3, 0.4) is 0 Å². The molecule has 0 aromatic heterocycles. The zero-order chi connectivity index (χ0) is 23.6. The largest absolute Gasteiger partial charge is 4.00 e. The Hall–Kier alpha value is -2.68. The van der Waals surface area contributed by atoms with E-state index in [0.29, 0.717) is 15.4 Å². The van der Waals surface area contributed by atoms with E-state index in [1.54, 1.807) is 5.20 Å². The summed E-state index contributed by atoms with van der Waals surface area (Å²) in [5.41, 5.74) is 8.16. The van der Waals surface area contributed by atoms with Gasteiger partial charge in [-0.25, -0.2) is 0 Å². The van der Waals surface area contributed by atoms with E-state index in [2.05, 4.69) is 122 Å². The first-order chi connectivity index (χ1) is 17.3. The van der Waals surface area contributed by atoms with E-state index in [4.69, 9.17) is 0 Å². The van der Waals surface area contributed by atoms with Crippen molar-refractivity contribution in [2.75, 3.05) is 0 Å². The van der Waals surface area contributed by atoms with Gasteiger partial charge in [0.25, 0.3) is 0 Å². The van der Waals surface area contributed by atoms with E-state index in [0.717, 1.165) is 12.8 Å². The van der Waals surface area contributed by atoms with Crippen molar-refractivity contribution in [2.24, 2.45) is 0 Å². The smallest absolute Gasteiger partial charge is 0.358 e. The van der Waals surface area contributed by atoms with Crippen LogP contribution in [0.5, 0.6) is 0 Å². The molecule has 1 aliphatic rings. The summed E-state index contributed by atoms with van der Waals surface area (Å²) in [6.45, 7) is 4.13. The van der Waals surface area contributed by atoms with Gasteiger partial charge in [0.15, 0.2) is 0 Å². The Bertz CT molecular complexity index is 1490. The Kier molecular flexibility index (Phi) is 10.5. The molecule has 1 atom stereocenters. The second-order valence-electron chi connectivity index (χ2n) is 9.37. The molecule has 0 aliphatic heterocycles. The van der Waals surface area contributed by atoms with Gasteiger partial charge in [0, 0.05) is 5.92 Å². The Labute approximate surface area is 250 Å². The fraction of sp³-hybridized carbons (Fsp3) is 0.111. The summed E-state index contributed by atoms with van der Waals surface area (Å²) >= 11 is 0. The second kappa shape index (κ2) is 13.4. The van der Waals surface area contributed by atoms with Crippen molar-refractivity contribution in [3.8, 4) is 22.3 Å². The Morgan fingerprint density at radius 1 is 0.737 bits per heavy atom. The minimum absolute atomic E-state index is 0. The van der Waals surface area contributed by atoms with Crippen LogP contribution in [-0.4, -0.2) is 9.52 Å². The van der Waals surface area contributed by atoms with E-state index in [9.17, 15) is 0 Å². The van der Waals surface area contributed by atoms with Crippen LogP contribution in [0.2, 0.25) is 0 Å². The molecule has 1 unspecified atom stereocenters. The summed E-state index contributed by atoms with van der Waals surface area (Å²) in [5, 5.41) is 5.69. The van der Waals surface area contributed by atoms with Crippen molar-refractivity contribution in [3.05, 3.63) is 147 Å². The molecule has 1 aliphatic carbocycles. The summed E-state index contributed by atoms with van der Waals surface area (Å²) in [6.07, 6.45) is 5.81. The van der Waals surface area contributed by atoms with Crippen molar-refractivity contribution < 1.29 is 25.8 Å². The number of hydrogen-bond acceptors (Lipinski definition) is 0. The Morgan fingerprint density at radius 2 is 1.37 bits per heavy atom. The van der Waals surface area contributed by atoms with Crippen molar-refractivity contribution >= 4 is 31.6 Å². The third kappa shape index (κ3) is 5.82. The van der Waals surface area contributed by atoms with Gasteiger partial charge in [-0.3, -0.25) is 0 Å². The molecule has 0 amide bonds. The monoisotopic (exact) mass is 674 g/mol. The van der Waals surface area contributed by atoms with Gasteiger partial charge in [0.2, 0.25) is 0 Å². The van der Waals surface area contributed by atoms with E-state index < -0.39 is 0 Å². The molecule has 2 heteroatoms. The molecule has 0 bridgehead atoms. The molecule has 0 heterocycles. The molecule has 5 aromatic carbocycles. The minimum Gasteiger partial charge on any atom is -0.358 e. The normalized spacial score (nSPS) is 13.6. The van der Waals surface area contributed by atoms with Crippen molar-refractivity contribution in [3.63, 3.8) is 0 Å². The summed E-state index contributed by atoms with van der Waals surface area (Å²) in [7, 11) is 0.678. The van der Waals surface area contributed by atoms with E-state index in [-0.39, 0.29) is 40.7 Å². The van der Waals surface area contributed by atoms with Gasteiger partial charge in [-0.1, -0.05) is 108 Å². The van der Waals surface area contributed by atoms with Crippen LogP contribution in [-0.2, 0) is 25.8 Å². The van der Waals surface area contributed by atoms with Crippen molar-refractivity contribution in [1.29, 1.82) is 0 Å². The van der Waals surface area contributed by atoms with Gasteiger partial charge in [0.05, 0.1) is 9.52 Å². The van der Waals surface area contributed by atoms with Gasteiger partial charge >= 0.3 is 25.8 Å². The van der Waals surface area contributed by atoms with Crippen LogP contribution in [0.15, 0.2) is 114 Å². The summed E-state index contributed by atoms with van der Waals surface area (Å²) < 4.78 is 0. The molecular weight excluding hydrogens is 639 g/mol. The molecule has 2 radical (unpaired) electrons. The zero-order valence-electron chi connectivity index (χ0n) is 22.4. The van der Waals surface area contributed by atoms with E-state index in [1.165, 1.54) is 55.8 Å². The molecule has 0 saturated carbocycles. The Balaban J connectivity index is 0.00000133. The van der Waals surface area contributed by atoms with E-state index >= 15 is 0 Å². The first-order valence-electron chi connectivity index (χ1n) is 12.5. The zero-order valence-corrected chi connectivity index (χ0v) is 27.0. The number of benzene rings is 4. The van der Waals surface area contributed by atoms with Crippen LogP contribution in [0.4, 0.5) is 0 Å². The van der Waals surface area contributed by atoms with Crippen molar-refractivity contribution in [2.45, 2.75) is 25.2 Å². The second-order valence-corrected chi connectivity index (χ2v) is 10.8. The SMILES string of the molecule is [CH2-]CCCC1C([Si]c2cc3c(-c4ccccc4)cccc3[cH-]2)=Cc2c(-c3ccccc3)cccc21.[CH3-].[CH3-].[Hf+4]. The quantitative estimate of drug-likeness (QED) is 0.119. The molecule has 0 nitrogen and oxygen atoms in total. The average molecular weight is 673 g/mol. The van der Waals surface area contributed by atoms with Gasteiger partial charge in [0.1, 0.15) is 0 Å². The fourth-order valence-electron chi connectivity index (χ4n) is 5.47. The molecule has 0 N–H and O–H groups in total. The number of hydrogen-bond donors (Lipinski definition) is 0. The van der Waals surface area contributed by atoms with Crippen LogP contribution in [0.25, 0.3) is 39.1 Å². The summed E-state index contributed by atoms with van der Waals surface area (Å²) in [6, 6.07) is 39.9. The molecule has 0 fully saturated rings. The maximum atomic E-state index is 4.13. The van der Waals surface area contributed by atoms with Crippen LogP contribution in [0, 0.1) is 21.8 Å². The predicted molar refractivity (Wildman–Crippen MR) is 165 cm³/mol. The van der Waals surface area contributed by atoms with Gasteiger partial charge in [-0.05, 0) is 34.2 Å². The van der Waals surface area contributed by atoms with Gasteiger partial charge in [-0.15, -0.1) is 34.2 Å². The third-order valence-corrected chi connectivity index (χ3v) is 8.50. The third-order valence-electron chi connectivity index (χ3n) is 7.14. The maximum absolute atomic E-state index is 4.13. The van der Waals surface area contributed by atoms with Gasteiger partial charge in [-0.2, -0.15) is 12.5 Å². The van der Waals surface area contributed by atoms with Gasteiger partial charge < -0.3 is 21.8 Å². The molecule has 0 spiro atoms. The van der Waals surface area contributed by atoms with E-state index in [1.807, 2.05) is 0 Å². The number of fused-ring (bicyclic) bond motifs is 2. The standard InChI is InChI=1S/C34H28Si.2CH3.Hf/c1-2-3-17-31-30-20-11-19-29(25-14-8-5-9-15-25)33(30)23-34(31)35-27-21-26-16-10-18-28(32(26)22-27)24-12-6-4-7-13-24;;;/h4-16,18-23,31H,1-3,17H2;2*1H3;/q-2;2*-1;+4. The summed E-state index contributed by atoms with van der Waals surface area (Å²) in [4.78, 5) is 0. The van der Waals surface area contributed by atoms with Crippen LogP contribution < -0.4 is 5.19 Å². The number of unbranched alkanes of at least 4 members (excludes halogenated alkanes) is 1. The minimum atomic E-state index is 0. The molecule has 0 saturated heterocycles. The van der Waals surface area contributed by atoms with Crippen LogP contribution in [0.1, 0.15) is 36.3 Å². The number of allylic oxidation sites excluding steroid dienone is 1. The van der Waals surface area contributed by atoms with Crippen molar-refractivity contribution in [1.82, 2.24) is 0 Å². The summed E-state index contributed by atoms with van der Waals surface area (Å²) in [5.74, 6) is 0.486. The predicted octanol–water partition coefficient (Wildman–Crippen LogP) is 9.26. The molecule has 186 valence electrons. The first kappa shape index (κ1) is 29.9. The maximum Gasteiger partial charge on any atom is 4.00 e. The van der Waals surface area contributed by atoms with Crippen LogP contribution >= 0.6 is 0 Å². The Morgan fingerprint density at radius 3 is 2.05 bits per heavy atom. The first-order valence-corrected chi connectivity index (χ1v) is 13.5. The molecule has 6 rings (SSSR count). The average Bonchev–Trinajstić information content (AvgIpc) is 3.48. The number of rotatable bonds is 7.